The zero-order valence-corrected chi connectivity index (χ0v) is 14.2. The summed E-state index contributed by atoms with van der Waals surface area (Å²) in [5.74, 6) is -0.707. The number of para-hydroxylation sites is 1. The molecule has 1 aromatic carbocycles. The van der Waals surface area contributed by atoms with E-state index in [1.54, 1.807) is 0 Å². The number of carbonyl (C=O) groups is 1. The van der Waals surface area contributed by atoms with Crippen LogP contribution in [0.1, 0.15) is 26.2 Å². The number of aliphatic carboxylic acids is 1. The second-order valence-corrected chi connectivity index (χ2v) is 6.39. The van der Waals surface area contributed by atoms with E-state index in [4.69, 9.17) is 5.11 Å². The van der Waals surface area contributed by atoms with Crippen LogP contribution < -0.4 is 4.90 Å². The second kappa shape index (κ2) is 7.62. The summed E-state index contributed by atoms with van der Waals surface area (Å²) >= 11 is 0. The summed E-state index contributed by atoms with van der Waals surface area (Å²) in [7, 11) is 0. The fourth-order valence-electron chi connectivity index (χ4n) is 3.62. The molecule has 1 saturated heterocycles. The molecule has 0 spiro atoms. The molecule has 0 radical (unpaired) electrons. The zero-order chi connectivity index (χ0) is 16.9. The van der Waals surface area contributed by atoms with Gasteiger partial charge in [0.25, 0.3) is 0 Å². The molecule has 1 aliphatic heterocycles. The van der Waals surface area contributed by atoms with E-state index in [0.29, 0.717) is 0 Å². The van der Waals surface area contributed by atoms with E-state index in [0.717, 1.165) is 49.9 Å². The van der Waals surface area contributed by atoms with Crippen molar-refractivity contribution in [2.75, 3.05) is 31.1 Å². The number of nitrogens with zero attached hydrogens (tertiary/aromatic N) is 3. The van der Waals surface area contributed by atoms with Gasteiger partial charge in [-0.2, -0.15) is 0 Å². The van der Waals surface area contributed by atoms with E-state index < -0.39 is 5.97 Å². The van der Waals surface area contributed by atoms with Crippen LogP contribution in [0.25, 0.3) is 10.9 Å². The lowest BCUT2D eigenvalue weighted by Crippen LogP contribution is -2.39. The summed E-state index contributed by atoms with van der Waals surface area (Å²) in [5, 5.41) is 10.3. The van der Waals surface area contributed by atoms with Gasteiger partial charge in [-0.3, -0.25) is 14.7 Å². The molecule has 1 N–H and O–H groups in total. The molecule has 1 aromatic heterocycles. The molecule has 128 valence electrons. The topological polar surface area (TPSA) is 56.7 Å². The van der Waals surface area contributed by atoms with Crippen LogP contribution in [0, 0.1) is 0 Å². The van der Waals surface area contributed by atoms with Crippen molar-refractivity contribution in [2.45, 2.75) is 32.2 Å². The van der Waals surface area contributed by atoms with Crippen LogP contribution >= 0.6 is 0 Å². The van der Waals surface area contributed by atoms with Crippen molar-refractivity contribution < 1.29 is 9.90 Å². The summed E-state index contributed by atoms with van der Waals surface area (Å²) < 4.78 is 0. The lowest BCUT2D eigenvalue weighted by atomic mass is 10.1. The van der Waals surface area contributed by atoms with Gasteiger partial charge in [-0.15, -0.1) is 0 Å². The molecule has 2 heterocycles. The fraction of sp³-hybridized carbons (Fsp3) is 0.474. The first kappa shape index (κ1) is 16.7. The van der Waals surface area contributed by atoms with Crippen LogP contribution in [0.3, 0.4) is 0 Å². The van der Waals surface area contributed by atoms with Gasteiger partial charge >= 0.3 is 5.97 Å². The van der Waals surface area contributed by atoms with Gasteiger partial charge in [0.05, 0.1) is 17.6 Å². The van der Waals surface area contributed by atoms with Gasteiger partial charge in [0.15, 0.2) is 0 Å². The molecular weight excluding hydrogens is 302 g/mol. The van der Waals surface area contributed by atoms with Gasteiger partial charge in [0.2, 0.25) is 0 Å². The zero-order valence-electron chi connectivity index (χ0n) is 14.2. The Bertz CT molecular complexity index is 699. The Morgan fingerprint density at radius 2 is 2.04 bits per heavy atom. The number of fused-ring (bicyclic) bond motifs is 1. The van der Waals surface area contributed by atoms with Crippen molar-refractivity contribution in [1.29, 1.82) is 0 Å². The summed E-state index contributed by atoms with van der Waals surface area (Å²) in [6, 6.07) is 10.5. The monoisotopic (exact) mass is 327 g/mol. The lowest BCUT2D eigenvalue weighted by molar-refractivity contribution is -0.138. The van der Waals surface area contributed by atoms with Gasteiger partial charge in [-0.25, -0.2) is 0 Å². The van der Waals surface area contributed by atoms with Crippen LogP contribution in [0.2, 0.25) is 0 Å². The van der Waals surface area contributed by atoms with Gasteiger partial charge in [-0.05, 0) is 25.0 Å². The van der Waals surface area contributed by atoms with Gasteiger partial charge in [0.1, 0.15) is 0 Å². The average Bonchev–Trinajstić information content (AvgIpc) is 2.85. The number of benzene rings is 1. The van der Waals surface area contributed by atoms with Gasteiger partial charge in [-0.1, -0.05) is 25.1 Å². The number of aromatic nitrogens is 1. The van der Waals surface area contributed by atoms with Crippen molar-refractivity contribution in [2.24, 2.45) is 0 Å². The highest BCUT2D eigenvalue weighted by Crippen LogP contribution is 2.26. The van der Waals surface area contributed by atoms with Crippen molar-refractivity contribution in [3.05, 3.63) is 36.5 Å². The van der Waals surface area contributed by atoms with E-state index in [-0.39, 0.29) is 12.5 Å². The summed E-state index contributed by atoms with van der Waals surface area (Å²) in [4.78, 5) is 20.4. The molecule has 1 unspecified atom stereocenters. The minimum atomic E-state index is -0.707. The van der Waals surface area contributed by atoms with Crippen molar-refractivity contribution in [3.63, 3.8) is 0 Å². The molecule has 0 saturated carbocycles. The number of hydrogen-bond donors (Lipinski definition) is 1. The molecule has 1 aliphatic rings. The number of carboxylic acids is 1. The third-order valence-electron chi connectivity index (χ3n) is 4.88. The van der Waals surface area contributed by atoms with Crippen LogP contribution in [-0.2, 0) is 4.79 Å². The maximum Gasteiger partial charge on any atom is 0.304 e. The Labute approximate surface area is 142 Å². The van der Waals surface area contributed by atoms with Crippen molar-refractivity contribution in [3.8, 4) is 0 Å². The highest BCUT2D eigenvalue weighted by molar-refractivity contribution is 5.90. The van der Waals surface area contributed by atoms with E-state index >= 15 is 0 Å². The molecule has 24 heavy (non-hydrogen) atoms. The molecule has 5 heteroatoms. The summed E-state index contributed by atoms with van der Waals surface area (Å²) in [6.45, 7) is 5.82. The first-order chi connectivity index (χ1) is 11.7. The number of carboxylic acid groups (broad SMARTS) is 1. The standard InChI is InChI=1S/C19H25N3O2/c1-2-16(14-18(23)24)21-10-5-11-22(13-12-21)17-8-3-6-15-7-4-9-20-19(15)17/h3-4,6-9,16H,2,5,10-14H2,1H3,(H,23,24). The molecule has 0 bridgehead atoms. The first-order valence-electron chi connectivity index (χ1n) is 8.73. The maximum atomic E-state index is 11.1. The van der Waals surface area contributed by atoms with Crippen LogP contribution in [0.5, 0.6) is 0 Å². The van der Waals surface area contributed by atoms with E-state index in [9.17, 15) is 4.79 Å². The average molecular weight is 327 g/mol. The largest absolute Gasteiger partial charge is 0.481 e. The molecule has 0 aliphatic carbocycles. The lowest BCUT2D eigenvalue weighted by Gasteiger charge is -2.29. The highest BCUT2D eigenvalue weighted by Gasteiger charge is 2.23. The normalized spacial score (nSPS) is 17.6. The van der Waals surface area contributed by atoms with Crippen LogP contribution in [0.15, 0.2) is 36.5 Å². The summed E-state index contributed by atoms with van der Waals surface area (Å²) in [5.41, 5.74) is 2.23. The molecular formula is C19H25N3O2. The van der Waals surface area contributed by atoms with Crippen LogP contribution in [-0.4, -0.2) is 53.2 Å². The number of pyridine rings is 1. The number of anilines is 1. The first-order valence-corrected chi connectivity index (χ1v) is 8.73. The quantitative estimate of drug-likeness (QED) is 0.915. The van der Waals surface area contributed by atoms with E-state index in [2.05, 4.69) is 46.0 Å². The van der Waals surface area contributed by atoms with E-state index in [1.165, 1.54) is 5.69 Å². The Hall–Kier alpha value is -2.14. The molecule has 2 aromatic rings. The third kappa shape index (κ3) is 3.67. The highest BCUT2D eigenvalue weighted by atomic mass is 16.4. The smallest absolute Gasteiger partial charge is 0.304 e. The SMILES string of the molecule is CCC(CC(=O)O)N1CCCN(c2cccc3cccnc23)CC1. The number of rotatable bonds is 5. The van der Waals surface area contributed by atoms with Gasteiger partial charge in [0, 0.05) is 43.8 Å². The molecule has 5 nitrogen and oxygen atoms in total. The van der Waals surface area contributed by atoms with E-state index in [1.807, 2.05) is 12.3 Å². The molecule has 0 amide bonds. The minimum absolute atomic E-state index is 0.132. The second-order valence-electron chi connectivity index (χ2n) is 6.39. The van der Waals surface area contributed by atoms with Gasteiger partial charge < -0.3 is 10.0 Å². The molecule has 3 rings (SSSR count). The minimum Gasteiger partial charge on any atom is -0.481 e. The number of hydrogen-bond acceptors (Lipinski definition) is 4. The third-order valence-corrected chi connectivity index (χ3v) is 4.88. The Balaban J connectivity index is 1.76. The Morgan fingerprint density at radius 1 is 1.21 bits per heavy atom. The maximum absolute atomic E-state index is 11.1. The summed E-state index contributed by atoms with van der Waals surface area (Å²) in [6.07, 6.45) is 3.99. The fourth-order valence-corrected chi connectivity index (χ4v) is 3.62. The van der Waals surface area contributed by atoms with Crippen molar-refractivity contribution >= 4 is 22.6 Å². The Kier molecular flexibility index (Phi) is 5.30. The predicted octanol–water partition coefficient (Wildman–Crippen LogP) is 3.00. The predicted molar refractivity (Wildman–Crippen MR) is 96.5 cm³/mol. The van der Waals surface area contributed by atoms with Crippen LogP contribution in [0.4, 0.5) is 5.69 Å². The molecule has 1 fully saturated rings. The Morgan fingerprint density at radius 3 is 2.83 bits per heavy atom. The van der Waals surface area contributed by atoms with Crippen molar-refractivity contribution in [1.82, 2.24) is 9.88 Å². The molecule has 1 atom stereocenters.